The number of nitrogens with one attached hydrogen (secondary N) is 2. The molecule has 0 radical (unpaired) electrons. The standard InChI is InChI=1S/C22H22N4O4/c27-19-2-1-11-25(19)18-9-5-15(6-10-18)12-23-21(29)17-7-3-16(4-8-17)14-26-20(28)13-24-22(26)30/h3-10H,1-2,11-14H2,(H,23,29)(H,24,30). The number of rotatable bonds is 6. The Morgan fingerprint density at radius 3 is 2.23 bits per heavy atom. The summed E-state index contributed by atoms with van der Waals surface area (Å²) in [6.07, 6.45) is 1.48. The number of benzene rings is 2. The fourth-order valence-electron chi connectivity index (χ4n) is 3.56. The summed E-state index contributed by atoms with van der Waals surface area (Å²) in [6, 6.07) is 14.0. The average Bonchev–Trinajstić information content (AvgIpc) is 3.33. The first-order chi connectivity index (χ1) is 14.5. The molecule has 2 aromatic carbocycles. The number of nitrogens with zero attached hydrogens (tertiary/aromatic N) is 2. The van der Waals surface area contributed by atoms with Crippen molar-refractivity contribution in [1.82, 2.24) is 15.5 Å². The summed E-state index contributed by atoms with van der Waals surface area (Å²) in [5.41, 5.74) is 3.08. The van der Waals surface area contributed by atoms with E-state index in [1.165, 1.54) is 0 Å². The van der Waals surface area contributed by atoms with Crippen molar-refractivity contribution in [2.45, 2.75) is 25.9 Å². The number of carbonyl (C=O) groups is 4. The zero-order valence-electron chi connectivity index (χ0n) is 16.4. The van der Waals surface area contributed by atoms with Gasteiger partial charge in [-0.2, -0.15) is 0 Å². The van der Waals surface area contributed by atoms with Crippen LogP contribution in [0.5, 0.6) is 0 Å². The lowest BCUT2D eigenvalue weighted by atomic mass is 10.1. The van der Waals surface area contributed by atoms with E-state index in [-0.39, 0.29) is 30.8 Å². The molecule has 0 aliphatic carbocycles. The van der Waals surface area contributed by atoms with E-state index in [1.807, 2.05) is 24.3 Å². The van der Waals surface area contributed by atoms with Crippen molar-refractivity contribution in [1.29, 1.82) is 0 Å². The van der Waals surface area contributed by atoms with Crippen LogP contribution in [0.15, 0.2) is 48.5 Å². The lowest BCUT2D eigenvalue weighted by molar-refractivity contribution is -0.125. The summed E-state index contributed by atoms with van der Waals surface area (Å²) in [5.74, 6) is -0.327. The summed E-state index contributed by atoms with van der Waals surface area (Å²) in [7, 11) is 0. The van der Waals surface area contributed by atoms with Gasteiger partial charge >= 0.3 is 6.03 Å². The van der Waals surface area contributed by atoms with Crippen molar-refractivity contribution in [3.8, 4) is 0 Å². The molecule has 4 rings (SSSR count). The molecule has 30 heavy (non-hydrogen) atoms. The highest BCUT2D eigenvalue weighted by Gasteiger charge is 2.28. The Labute approximate surface area is 173 Å². The fraction of sp³-hybridized carbons (Fsp3) is 0.273. The average molecular weight is 406 g/mol. The van der Waals surface area contributed by atoms with E-state index in [0.717, 1.165) is 34.7 Å². The number of amides is 5. The molecule has 2 fully saturated rings. The third kappa shape index (κ3) is 4.17. The van der Waals surface area contributed by atoms with Crippen LogP contribution in [0.4, 0.5) is 10.5 Å². The van der Waals surface area contributed by atoms with E-state index in [0.29, 0.717) is 18.5 Å². The van der Waals surface area contributed by atoms with Gasteiger partial charge in [0.15, 0.2) is 0 Å². The highest BCUT2D eigenvalue weighted by atomic mass is 16.2. The monoisotopic (exact) mass is 406 g/mol. The van der Waals surface area contributed by atoms with Gasteiger partial charge in [-0.25, -0.2) is 4.79 Å². The normalized spacial score (nSPS) is 16.2. The number of anilines is 1. The molecule has 2 N–H and O–H groups in total. The molecule has 2 aliphatic rings. The quantitative estimate of drug-likeness (QED) is 0.715. The molecule has 0 saturated carbocycles. The second-order valence-corrected chi connectivity index (χ2v) is 7.33. The zero-order chi connectivity index (χ0) is 21.1. The maximum atomic E-state index is 12.4. The highest BCUT2D eigenvalue weighted by Crippen LogP contribution is 2.21. The summed E-state index contributed by atoms with van der Waals surface area (Å²) in [4.78, 5) is 50.4. The second kappa shape index (κ2) is 8.36. The molecule has 2 aromatic rings. The van der Waals surface area contributed by atoms with Gasteiger partial charge in [0.2, 0.25) is 11.8 Å². The third-order valence-corrected chi connectivity index (χ3v) is 5.27. The van der Waals surface area contributed by atoms with Gasteiger partial charge in [-0.05, 0) is 41.8 Å². The molecule has 0 spiro atoms. The highest BCUT2D eigenvalue weighted by molar-refractivity contribution is 6.02. The van der Waals surface area contributed by atoms with Crippen LogP contribution in [0.3, 0.4) is 0 Å². The lowest BCUT2D eigenvalue weighted by Gasteiger charge is -2.16. The number of urea groups is 1. The van der Waals surface area contributed by atoms with E-state index < -0.39 is 6.03 Å². The first kappa shape index (κ1) is 19.6. The molecule has 0 atom stereocenters. The molecule has 0 bridgehead atoms. The summed E-state index contributed by atoms with van der Waals surface area (Å²) in [5, 5.41) is 5.35. The van der Waals surface area contributed by atoms with E-state index in [9.17, 15) is 19.2 Å². The van der Waals surface area contributed by atoms with Crippen molar-refractivity contribution >= 4 is 29.4 Å². The molecule has 2 aliphatic heterocycles. The minimum absolute atomic E-state index is 0.0225. The van der Waals surface area contributed by atoms with E-state index >= 15 is 0 Å². The SMILES string of the molecule is O=C(NCc1ccc(N2CCCC2=O)cc1)c1ccc(CN2C(=O)CNC2=O)cc1. The van der Waals surface area contributed by atoms with Crippen molar-refractivity contribution in [2.75, 3.05) is 18.0 Å². The van der Waals surface area contributed by atoms with Crippen LogP contribution in [-0.4, -0.2) is 41.7 Å². The summed E-state index contributed by atoms with van der Waals surface area (Å²) >= 11 is 0. The van der Waals surface area contributed by atoms with Gasteiger partial charge in [0, 0.05) is 30.8 Å². The van der Waals surface area contributed by atoms with Crippen LogP contribution in [0, 0.1) is 0 Å². The van der Waals surface area contributed by atoms with Gasteiger partial charge in [0.1, 0.15) is 0 Å². The van der Waals surface area contributed by atoms with Crippen molar-refractivity contribution in [3.05, 3.63) is 65.2 Å². The molecule has 0 unspecified atom stereocenters. The number of hydrogen-bond donors (Lipinski definition) is 2. The topological polar surface area (TPSA) is 98.8 Å². The van der Waals surface area contributed by atoms with E-state index in [1.54, 1.807) is 29.2 Å². The first-order valence-corrected chi connectivity index (χ1v) is 9.86. The lowest BCUT2D eigenvalue weighted by Crippen LogP contribution is -2.30. The van der Waals surface area contributed by atoms with Gasteiger partial charge in [0.25, 0.3) is 5.91 Å². The van der Waals surface area contributed by atoms with Crippen molar-refractivity contribution in [2.24, 2.45) is 0 Å². The molecule has 8 heteroatoms. The van der Waals surface area contributed by atoms with Crippen LogP contribution >= 0.6 is 0 Å². The fourth-order valence-corrected chi connectivity index (χ4v) is 3.56. The van der Waals surface area contributed by atoms with Gasteiger partial charge in [-0.15, -0.1) is 0 Å². The van der Waals surface area contributed by atoms with E-state index in [2.05, 4.69) is 10.6 Å². The Morgan fingerprint density at radius 2 is 1.63 bits per heavy atom. The van der Waals surface area contributed by atoms with Crippen LogP contribution < -0.4 is 15.5 Å². The van der Waals surface area contributed by atoms with Gasteiger partial charge in [-0.1, -0.05) is 24.3 Å². The van der Waals surface area contributed by atoms with Gasteiger partial charge in [-0.3, -0.25) is 19.3 Å². The van der Waals surface area contributed by atoms with E-state index in [4.69, 9.17) is 0 Å². The molecular weight excluding hydrogens is 384 g/mol. The molecule has 2 saturated heterocycles. The summed E-state index contributed by atoms with van der Waals surface area (Å²) in [6.45, 7) is 1.33. The Hall–Kier alpha value is -3.68. The number of hydrogen-bond acceptors (Lipinski definition) is 4. The Bertz CT molecular complexity index is 969. The Balaban J connectivity index is 1.31. The van der Waals surface area contributed by atoms with Gasteiger partial charge < -0.3 is 15.5 Å². The second-order valence-electron chi connectivity index (χ2n) is 7.33. The minimum atomic E-state index is -0.401. The summed E-state index contributed by atoms with van der Waals surface area (Å²) < 4.78 is 0. The van der Waals surface area contributed by atoms with Crippen molar-refractivity contribution < 1.29 is 19.2 Å². The van der Waals surface area contributed by atoms with Gasteiger partial charge in [0.05, 0.1) is 13.1 Å². The largest absolute Gasteiger partial charge is 0.348 e. The molecule has 154 valence electrons. The van der Waals surface area contributed by atoms with Crippen LogP contribution in [0.1, 0.15) is 34.3 Å². The molecular formula is C22H22N4O4. The minimum Gasteiger partial charge on any atom is -0.348 e. The zero-order valence-corrected chi connectivity index (χ0v) is 16.4. The Kier molecular flexibility index (Phi) is 5.47. The Morgan fingerprint density at radius 1 is 0.933 bits per heavy atom. The predicted molar refractivity (Wildman–Crippen MR) is 110 cm³/mol. The number of carbonyl (C=O) groups excluding carboxylic acids is 4. The smallest absolute Gasteiger partial charge is 0.324 e. The third-order valence-electron chi connectivity index (χ3n) is 5.27. The van der Waals surface area contributed by atoms with Crippen LogP contribution in [0.25, 0.3) is 0 Å². The molecule has 2 heterocycles. The maximum absolute atomic E-state index is 12.4. The van der Waals surface area contributed by atoms with Crippen LogP contribution in [-0.2, 0) is 22.7 Å². The number of imide groups is 1. The maximum Gasteiger partial charge on any atom is 0.324 e. The molecule has 5 amide bonds. The molecule has 0 aromatic heterocycles. The van der Waals surface area contributed by atoms with Crippen molar-refractivity contribution in [3.63, 3.8) is 0 Å². The van der Waals surface area contributed by atoms with Crippen LogP contribution in [0.2, 0.25) is 0 Å². The molecule has 8 nitrogen and oxygen atoms in total. The first-order valence-electron chi connectivity index (χ1n) is 9.86. The predicted octanol–water partition coefficient (Wildman–Crippen LogP) is 1.80.